The Hall–Kier alpha value is -1.95. The van der Waals surface area contributed by atoms with Crippen LogP contribution >= 0.6 is 0 Å². The number of carbonyl (C=O) groups is 1. The molecule has 1 aliphatic rings. The van der Waals surface area contributed by atoms with E-state index in [-0.39, 0.29) is 18.0 Å². The lowest BCUT2D eigenvalue weighted by atomic mass is 10.1. The van der Waals surface area contributed by atoms with Crippen molar-refractivity contribution in [3.63, 3.8) is 0 Å². The van der Waals surface area contributed by atoms with Crippen LogP contribution in [-0.4, -0.2) is 40.0 Å². The second-order valence-electron chi connectivity index (χ2n) is 4.34. The van der Waals surface area contributed by atoms with Crippen molar-refractivity contribution < 1.29 is 14.8 Å². The number of rotatable bonds is 3. The molecule has 6 nitrogen and oxygen atoms in total. The predicted octanol–water partition coefficient (Wildman–Crippen LogP) is 0.730. The second kappa shape index (κ2) is 5.14. The second-order valence-corrected chi connectivity index (χ2v) is 4.34. The van der Waals surface area contributed by atoms with E-state index in [1.807, 2.05) is 0 Å². The van der Waals surface area contributed by atoms with Crippen LogP contribution < -0.4 is 0 Å². The molecule has 1 fully saturated rings. The van der Waals surface area contributed by atoms with Crippen molar-refractivity contribution in [2.24, 2.45) is 0 Å². The van der Waals surface area contributed by atoms with Crippen molar-refractivity contribution in [3.05, 3.63) is 39.9 Å². The molecule has 0 spiro atoms. The number of hydrogen-bond acceptors (Lipinski definition) is 4. The minimum atomic E-state index is -0.485. The van der Waals surface area contributed by atoms with E-state index in [0.717, 1.165) is 0 Å². The zero-order valence-corrected chi connectivity index (χ0v) is 9.78. The van der Waals surface area contributed by atoms with E-state index < -0.39 is 11.0 Å². The van der Waals surface area contributed by atoms with Crippen molar-refractivity contribution in [1.82, 2.24) is 4.90 Å². The molecule has 1 aromatic carbocycles. The van der Waals surface area contributed by atoms with Gasteiger partial charge in [0.2, 0.25) is 5.91 Å². The van der Waals surface area contributed by atoms with Crippen LogP contribution in [0.15, 0.2) is 24.3 Å². The number of carbonyl (C=O) groups excluding carboxylic acids is 1. The van der Waals surface area contributed by atoms with Gasteiger partial charge >= 0.3 is 0 Å². The fraction of sp³-hybridized carbons (Fsp3) is 0.417. The topological polar surface area (TPSA) is 83.7 Å². The Morgan fingerprint density at radius 1 is 1.50 bits per heavy atom. The molecular formula is C12H14N2O4. The number of para-hydroxylation sites is 1. The number of amides is 1. The van der Waals surface area contributed by atoms with Gasteiger partial charge in [0.15, 0.2) is 0 Å². The molecule has 0 bridgehead atoms. The summed E-state index contributed by atoms with van der Waals surface area (Å²) in [5.41, 5.74) is 0.375. The zero-order chi connectivity index (χ0) is 13.1. The number of nitrogens with zero attached hydrogens (tertiary/aromatic N) is 2. The molecule has 1 atom stereocenters. The van der Waals surface area contributed by atoms with Gasteiger partial charge in [-0.1, -0.05) is 18.2 Å². The monoisotopic (exact) mass is 250 g/mol. The van der Waals surface area contributed by atoms with E-state index in [1.165, 1.54) is 6.07 Å². The molecule has 0 saturated carbocycles. The number of likely N-dealkylation sites (tertiary alicyclic amines) is 1. The number of benzene rings is 1. The van der Waals surface area contributed by atoms with Crippen LogP contribution in [0.25, 0.3) is 0 Å². The van der Waals surface area contributed by atoms with Crippen LogP contribution in [0.1, 0.15) is 12.0 Å². The minimum absolute atomic E-state index is 0.00384. The highest BCUT2D eigenvalue weighted by molar-refractivity contribution is 5.80. The SMILES string of the molecule is O=C(Cc1ccccc1[N+](=O)[O-])N1CC[C@@H](O)C1. The Balaban J connectivity index is 2.09. The van der Waals surface area contributed by atoms with Gasteiger partial charge in [0.1, 0.15) is 0 Å². The smallest absolute Gasteiger partial charge is 0.273 e. The van der Waals surface area contributed by atoms with Crippen LogP contribution in [-0.2, 0) is 11.2 Å². The summed E-state index contributed by atoms with van der Waals surface area (Å²) in [7, 11) is 0. The van der Waals surface area contributed by atoms with Crippen LogP contribution in [0.4, 0.5) is 5.69 Å². The Kier molecular flexibility index (Phi) is 3.57. The molecule has 1 aromatic rings. The molecule has 6 heteroatoms. The highest BCUT2D eigenvalue weighted by Gasteiger charge is 2.26. The maximum Gasteiger partial charge on any atom is 0.273 e. The highest BCUT2D eigenvalue weighted by atomic mass is 16.6. The first-order chi connectivity index (χ1) is 8.58. The molecule has 1 heterocycles. The average Bonchev–Trinajstić information content (AvgIpc) is 2.76. The van der Waals surface area contributed by atoms with Crippen LogP contribution in [0.3, 0.4) is 0 Å². The number of nitro groups is 1. The van der Waals surface area contributed by atoms with Gasteiger partial charge in [-0.2, -0.15) is 0 Å². The maximum absolute atomic E-state index is 11.9. The van der Waals surface area contributed by atoms with E-state index >= 15 is 0 Å². The fourth-order valence-corrected chi connectivity index (χ4v) is 2.08. The maximum atomic E-state index is 11.9. The first-order valence-corrected chi connectivity index (χ1v) is 5.76. The van der Waals surface area contributed by atoms with Crippen molar-refractivity contribution >= 4 is 11.6 Å². The molecular weight excluding hydrogens is 236 g/mol. The van der Waals surface area contributed by atoms with Crippen molar-refractivity contribution in [2.45, 2.75) is 18.9 Å². The molecule has 0 unspecified atom stereocenters. The summed E-state index contributed by atoms with van der Waals surface area (Å²) in [6.07, 6.45) is 0.103. The first-order valence-electron chi connectivity index (χ1n) is 5.76. The first kappa shape index (κ1) is 12.5. The number of β-amino-alcohol motifs (C(OH)–C–C–N with tert-alkyl or cyclic N) is 1. The molecule has 1 aliphatic heterocycles. The summed E-state index contributed by atoms with van der Waals surface area (Å²) in [4.78, 5) is 23.8. The Morgan fingerprint density at radius 3 is 2.83 bits per heavy atom. The standard InChI is InChI=1S/C12H14N2O4/c15-10-5-6-13(8-10)12(16)7-9-3-1-2-4-11(9)14(17)18/h1-4,10,15H,5-8H2/t10-/m1/s1. The summed E-state index contributed by atoms with van der Waals surface area (Å²) < 4.78 is 0. The Morgan fingerprint density at radius 2 is 2.22 bits per heavy atom. The third-order valence-corrected chi connectivity index (χ3v) is 3.05. The van der Waals surface area contributed by atoms with E-state index in [0.29, 0.717) is 25.1 Å². The van der Waals surface area contributed by atoms with Crippen molar-refractivity contribution in [2.75, 3.05) is 13.1 Å². The average molecular weight is 250 g/mol. The summed E-state index contributed by atoms with van der Waals surface area (Å²) >= 11 is 0. The molecule has 2 rings (SSSR count). The van der Waals surface area contributed by atoms with Gasteiger partial charge in [0, 0.05) is 24.7 Å². The number of hydrogen-bond donors (Lipinski definition) is 1. The number of aliphatic hydroxyl groups excluding tert-OH is 1. The quantitative estimate of drug-likeness (QED) is 0.633. The number of aliphatic hydroxyl groups is 1. The fourth-order valence-electron chi connectivity index (χ4n) is 2.08. The molecule has 18 heavy (non-hydrogen) atoms. The van der Waals surface area contributed by atoms with Gasteiger partial charge in [0.05, 0.1) is 17.4 Å². The molecule has 0 aliphatic carbocycles. The lowest BCUT2D eigenvalue weighted by Gasteiger charge is -2.15. The van der Waals surface area contributed by atoms with E-state index in [2.05, 4.69) is 0 Å². The molecule has 1 amide bonds. The molecule has 96 valence electrons. The van der Waals surface area contributed by atoms with E-state index in [9.17, 15) is 20.0 Å². The molecule has 0 radical (unpaired) electrons. The molecule has 0 aromatic heterocycles. The lowest BCUT2D eigenvalue weighted by Crippen LogP contribution is -2.31. The van der Waals surface area contributed by atoms with Gasteiger partial charge in [-0.15, -0.1) is 0 Å². The Labute approximate surface area is 104 Å². The highest BCUT2D eigenvalue weighted by Crippen LogP contribution is 2.20. The van der Waals surface area contributed by atoms with Crippen molar-refractivity contribution in [1.29, 1.82) is 0 Å². The number of nitro benzene ring substituents is 1. The minimum Gasteiger partial charge on any atom is -0.391 e. The third kappa shape index (κ3) is 2.65. The van der Waals surface area contributed by atoms with Crippen molar-refractivity contribution in [3.8, 4) is 0 Å². The lowest BCUT2D eigenvalue weighted by molar-refractivity contribution is -0.385. The predicted molar refractivity (Wildman–Crippen MR) is 64.0 cm³/mol. The summed E-state index contributed by atoms with van der Waals surface area (Å²) in [5, 5.41) is 20.2. The third-order valence-electron chi connectivity index (χ3n) is 3.05. The Bertz CT molecular complexity index is 475. The van der Waals surface area contributed by atoms with Crippen LogP contribution in [0, 0.1) is 10.1 Å². The van der Waals surface area contributed by atoms with Gasteiger partial charge in [-0.05, 0) is 6.42 Å². The normalized spacial score (nSPS) is 18.9. The molecule has 1 saturated heterocycles. The van der Waals surface area contributed by atoms with E-state index in [1.54, 1.807) is 23.1 Å². The van der Waals surface area contributed by atoms with Crippen LogP contribution in [0.5, 0.6) is 0 Å². The largest absolute Gasteiger partial charge is 0.391 e. The van der Waals surface area contributed by atoms with Gasteiger partial charge < -0.3 is 10.0 Å². The van der Waals surface area contributed by atoms with Gasteiger partial charge in [-0.3, -0.25) is 14.9 Å². The van der Waals surface area contributed by atoms with Gasteiger partial charge in [-0.25, -0.2) is 0 Å². The van der Waals surface area contributed by atoms with E-state index in [4.69, 9.17) is 0 Å². The zero-order valence-electron chi connectivity index (χ0n) is 9.78. The summed E-state index contributed by atoms with van der Waals surface area (Å²) in [5.74, 6) is -0.180. The molecule has 1 N–H and O–H groups in total. The van der Waals surface area contributed by atoms with Crippen LogP contribution in [0.2, 0.25) is 0 Å². The summed E-state index contributed by atoms with van der Waals surface area (Å²) in [6.45, 7) is 0.833. The summed E-state index contributed by atoms with van der Waals surface area (Å²) in [6, 6.07) is 6.23. The van der Waals surface area contributed by atoms with Gasteiger partial charge in [0.25, 0.3) is 5.69 Å².